The summed E-state index contributed by atoms with van der Waals surface area (Å²) in [7, 11) is 1.77. The highest BCUT2D eigenvalue weighted by molar-refractivity contribution is 5.85. The first-order valence-corrected chi connectivity index (χ1v) is 10.2. The van der Waals surface area contributed by atoms with Crippen molar-refractivity contribution in [3.05, 3.63) is 65.4 Å². The number of piperidine rings is 1. The van der Waals surface area contributed by atoms with E-state index in [9.17, 15) is 0 Å². The van der Waals surface area contributed by atoms with Crippen LogP contribution in [0.2, 0.25) is 0 Å². The number of rotatable bonds is 3. The Morgan fingerprint density at radius 2 is 2.07 bits per heavy atom. The van der Waals surface area contributed by atoms with E-state index in [1.165, 1.54) is 41.7 Å². The van der Waals surface area contributed by atoms with Gasteiger partial charge in [-0.25, -0.2) is 0 Å². The van der Waals surface area contributed by atoms with Crippen molar-refractivity contribution in [1.82, 2.24) is 9.88 Å². The first-order chi connectivity index (χ1) is 13.2. The van der Waals surface area contributed by atoms with Gasteiger partial charge in [0.25, 0.3) is 0 Å². The van der Waals surface area contributed by atoms with E-state index >= 15 is 0 Å². The van der Waals surface area contributed by atoms with Crippen LogP contribution in [0.3, 0.4) is 0 Å². The van der Waals surface area contributed by atoms with Crippen molar-refractivity contribution in [2.45, 2.75) is 31.6 Å². The summed E-state index contributed by atoms with van der Waals surface area (Å²) in [4.78, 5) is 6.38. The summed E-state index contributed by atoms with van der Waals surface area (Å²) in [6.45, 7) is 5.80. The number of hydrogen-bond donors (Lipinski definition) is 1. The summed E-state index contributed by atoms with van der Waals surface area (Å²) in [6, 6.07) is 17.6. The molecule has 5 rings (SSSR count). The number of methoxy groups -OCH3 is 1. The van der Waals surface area contributed by atoms with E-state index in [0.717, 1.165) is 25.1 Å². The predicted molar refractivity (Wildman–Crippen MR) is 111 cm³/mol. The third-order valence-electron chi connectivity index (χ3n) is 7.07. The van der Waals surface area contributed by atoms with Crippen LogP contribution in [0, 0.1) is 5.92 Å². The molecule has 3 aromatic rings. The molecule has 140 valence electrons. The van der Waals surface area contributed by atoms with E-state index in [2.05, 4.69) is 65.3 Å². The molecule has 2 heterocycles. The van der Waals surface area contributed by atoms with Gasteiger partial charge in [-0.3, -0.25) is 0 Å². The van der Waals surface area contributed by atoms with Gasteiger partial charge in [0, 0.05) is 28.6 Å². The zero-order valence-electron chi connectivity index (χ0n) is 16.3. The van der Waals surface area contributed by atoms with Gasteiger partial charge in [-0.2, -0.15) is 0 Å². The highest BCUT2D eigenvalue weighted by atomic mass is 16.5. The molecule has 1 fully saturated rings. The fourth-order valence-electron chi connectivity index (χ4n) is 5.54. The smallest absolute Gasteiger partial charge is 0.119 e. The zero-order valence-corrected chi connectivity index (χ0v) is 16.3. The minimum absolute atomic E-state index is 0.202. The van der Waals surface area contributed by atoms with Crippen LogP contribution in [-0.4, -0.2) is 36.6 Å². The van der Waals surface area contributed by atoms with Crippen molar-refractivity contribution in [2.24, 2.45) is 5.92 Å². The van der Waals surface area contributed by atoms with Gasteiger partial charge in [0.05, 0.1) is 7.11 Å². The monoisotopic (exact) mass is 360 g/mol. The first kappa shape index (κ1) is 16.9. The predicted octanol–water partition coefficient (Wildman–Crippen LogP) is 4.55. The molecule has 2 unspecified atom stereocenters. The van der Waals surface area contributed by atoms with Crippen LogP contribution in [0.5, 0.6) is 5.75 Å². The van der Waals surface area contributed by atoms with E-state index in [1.54, 1.807) is 12.7 Å². The Labute approximate surface area is 161 Å². The summed E-state index contributed by atoms with van der Waals surface area (Å²) in [6.07, 6.45) is 3.48. The molecular weight excluding hydrogens is 332 g/mol. The second kappa shape index (κ2) is 6.42. The van der Waals surface area contributed by atoms with Gasteiger partial charge in [0.2, 0.25) is 0 Å². The van der Waals surface area contributed by atoms with Crippen LogP contribution in [0.15, 0.2) is 48.5 Å². The molecule has 0 saturated carbocycles. The maximum absolute atomic E-state index is 5.56. The van der Waals surface area contributed by atoms with E-state index in [4.69, 9.17) is 4.74 Å². The molecule has 1 aliphatic heterocycles. The SMILES string of the molecule is CCN1CCC2(c3cccc(OC)c3)Cc3[nH]c4ccccc4c3CC2C1. The van der Waals surface area contributed by atoms with Crippen molar-refractivity contribution in [3.8, 4) is 5.75 Å². The van der Waals surface area contributed by atoms with Crippen molar-refractivity contribution in [2.75, 3.05) is 26.7 Å². The molecule has 0 amide bonds. The first-order valence-electron chi connectivity index (χ1n) is 10.2. The van der Waals surface area contributed by atoms with Gasteiger partial charge >= 0.3 is 0 Å². The third kappa shape index (κ3) is 2.60. The topological polar surface area (TPSA) is 28.3 Å². The number of likely N-dealkylation sites (tertiary alicyclic amines) is 1. The normalized spacial score (nSPS) is 25.2. The number of aromatic nitrogens is 1. The van der Waals surface area contributed by atoms with Crippen LogP contribution in [0.25, 0.3) is 10.9 Å². The summed E-state index contributed by atoms with van der Waals surface area (Å²) in [5.74, 6) is 1.62. The molecule has 2 aromatic carbocycles. The largest absolute Gasteiger partial charge is 0.497 e. The summed E-state index contributed by atoms with van der Waals surface area (Å²) >= 11 is 0. The molecule has 1 aliphatic carbocycles. The van der Waals surface area contributed by atoms with Gasteiger partial charge in [0.1, 0.15) is 5.75 Å². The van der Waals surface area contributed by atoms with Gasteiger partial charge < -0.3 is 14.6 Å². The molecule has 0 bridgehead atoms. The zero-order chi connectivity index (χ0) is 18.4. The van der Waals surface area contributed by atoms with Crippen LogP contribution in [0.4, 0.5) is 0 Å². The lowest BCUT2D eigenvalue weighted by molar-refractivity contribution is 0.0852. The average molecular weight is 361 g/mol. The van der Waals surface area contributed by atoms with Gasteiger partial charge in [-0.1, -0.05) is 37.3 Å². The number of ether oxygens (including phenoxy) is 1. The number of nitrogens with one attached hydrogen (secondary N) is 1. The molecule has 2 aliphatic rings. The average Bonchev–Trinajstić information content (AvgIpc) is 3.08. The van der Waals surface area contributed by atoms with E-state index in [0.29, 0.717) is 5.92 Å². The molecule has 1 aromatic heterocycles. The number of fused-ring (bicyclic) bond motifs is 4. The van der Waals surface area contributed by atoms with Crippen LogP contribution >= 0.6 is 0 Å². The second-order valence-corrected chi connectivity index (χ2v) is 8.24. The highest BCUT2D eigenvalue weighted by Gasteiger charge is 2.47. The molecule has 3 heteroatoms. The quantitative estimate of drug-likeness (QED) is 0.742. The Morgan fingerprint density at radius 1 is 1.19 bits per heavy atom. The molecular formula is C24H28N2O. The van der Waals surface area contributed by atoms with Crippen molar-refractivity contribution in [1.29, 1.82) is 0 Å². The maximum Gasteiger partial charge on any atom is 0.119 e. The van der Waals surface area contributed by atoms with E-state index in [-0.39, 0.29) is 5.41 Å². The molecule has 0 spiro atoms. The Morgan fingerprint density at radius 3 is 2.93 bits per heavy atom. The molecule has 3 nitrogen and oxygen atoms in total. The fraction of sp³-hybridized carbons (Fsp3) is 0.417. The Bertz CT molecular complexity index is 975. The van der Waals surface area contributed by atoms with Crippen LogP contribution < -0.4 is 4.74 Å². The summed E-state index contributed by atoms with van der Waals surface area (Å²) in [5.41, 5.74) is 5.93. The number of benzene rings is 2. The minimum Gasteiger partial charge on any atom is -0.497 e. The number of nitrogens with zero attached hydrogens (tertiary/aromatic N) is 1. The summed E-state index contributed by atoms with van der Waals surface area (Å²) < 4.78 is 5.56. The number of aromatic amines is 1. The highest BCUT2D eigenvalue weighted by Crippen LogP contribution is 2.49. The number of H-pyrrole nitrogens is 1. The summed E-state index contributed by atoms with van der Waals surface area (Å²) in [5, 5.41) is 1.42. The fourth-order valence-corrected chi connectivity index (χ4v) is 5.54. The van der Waals surface area contributed by atoms with Crippen molar-refractivity contribution in [3.63, 3.8) is 0 Å². The Hall–Kier alpha value is -2.26. The second-order valence-electron chi connectivity index (χ2n) is 8.24. The lowest BCUT2D eigenvalue weighted by atomic mass is 9.59. The number of para-hydroxylation sites is 1. The van der Waals surface area contributed by atoms with Gasteiger partial charge in [0.15, 0.2) is 0 Å². The minimum atomic E-state index is 0.202. The van der Waals surface area contributed by atoms with Crippen molar-refractivity contribution >= 4 is 10.9 Å². The Kier molecular flexibility index (Phi) is 4.01. The lowest BCUT2D eigenvalue weighted by Crippen LogP contribution is -2.53. The third-order valence-corrected chi connectivity index (χ3v) is 7.07. The lowest BCUT2D eigenvalue weighted by Gasteiger charge is -2.51. The maximum atomic E-state index is 5.56. The van der Waals surface area contributed by atoms with Crippen LogP contribution in [-0.2, 0) is 18.3 Å². The Balaban J connectivity index is 1.65. The van der Waals surface area contributed by atoms with Gasteiger partial charge in [-0.15, -0.1) is 0 Å². The molecule has 27 heavy (non-hydrogen) atoms. The molecule has 2 atom stereocenters. The molecule has 0 radical (unpaired) electrons. The number of hydrogen-bond acceptors (Lipinski definition) is 2. The van der Waals surface area contributed by atoms with Crippen LogP contribution in [0.1, 0.15) is 30.2 Å². The molecule has 1 N–H and O–H groups in total. The van der Waals surface area contributed by atoms with E-state index in [1.807, 2.05) is 0 Å². The van der Waals surface area contributed by atoms with Gasteiger partial charge in [-0.05, 0) is 67.6 Å². The van der Waals surface area contributed by atoms with Crippen molar-refractivity contribution < 1.29 is 4.74 Å². The standard InChI is InChI=1S/C24H28N2O/c1-3-26-12-11-24(17-7-6-8-19(13-17)27-2)15-23-21(14-18(24)16-26)20-9-4-5-10-22(20)25-23/h4-10,13,18,25H,3,11-12,14-16H2,1-2H3. The molecule has 1 saturated heterocycles. The van der Waals surface area contributed by atoms with E-state index < -0.39 is 0 Å².